The van der Waals surface area contributed by atoms with Gasteiger partial charge in [0.1, 0.15) is 28.4 Å². The molecule has 0 saturated heterocycles. The van der Waals surface area contributed by atoms with E-state index in [9.17, 15) is 5.11 Å². The van der Waals surface area contributed by atoms with E-state index in [1.54, 1.807) is 24.3 Å². The molecule has 0 bridgehead atoms. The fraction of sp³-hybridized carbons (Fsp3) is 0. The molecule has 1 aromatic heterocycles. The van der Waals surface area contributed by atoms with Crippen LogP contribution in [0.1, 0.15) is 0 Å². The van der Waals surface area contributed by atoms with Crippen molar-refractivity contribution in [3.8, 4) is 17.2 Å². The number of phenols is 1. The van der Waals surface area contributed by atoms with Crippen molar-refractivity contribution in [2.24, 2.45) is 0 Å². The zero-order valence-corrected chi connectivity index (χ0v) is 11.1. The molecule has 0 spiro atoms. The number of hydrogen-bond acceptors (Lipinski definition) is 3. The maximum atomic E-state index is 9.29. The number of aromatic hydroxyl groups is 1. The van der Waals surface area contributed by atoms with Crippen LogP contribution in [0.15, 0.2) is 71.1 Å². The van der Waals surface area contributed by atoms with Crippen LogP contribution in [0, 0.1) is 0 Å². The van der Waals surface area contributed by atoms with E-state index < -0.39 is 0 Å². The summed E-state index contributed by atoms with van der Waals surface area (Å²) in [6, 6.07) is 20.3. The molecule has 0 amide bonds. The molecule has 4 rings (SSSR count). The highest BCUT2D eigenvalue weighted by Gasteiger charge is 2.07. The standard InChI is InChI=1S/C18H12O3/c19-12-5-7-13(8-6-12)20-14-9-10-18-16(11-14)15-3-1-2-4-17(15)21-18/h1-11,19H. The Labute approximate surface area is 121 Å². The summed E-state index contributed by atoms with van der Waals surface area (Å²) >= 11 is 0. The molecule has 0 aliphatic heterocycles. The van der Waals surface area contributed by atoms with Crippen LogP contribution in [0.3, 0.4) is 0 Å². The monoisotopic (exact) mass is 276 g/mol. The zero-order chi connectivity index (χ0) is 14.2. The Morgan fingerprint density at radius 2 is 1.43 bits per heavy atom. The predicted octanol–water partition coefficient (Wildman–Crippen LogP) is 5.08. The Kier molecular flexibility index (Phi) is 2.57. The molecule has 0 radical (unpaired) electrons. The zero-order valence-electron chi connectivity index (χ0n) is 11.1. The fourth-order valence-electron chi connectivity index (χ4n) is 2.42. The molecular formula is C18H12O3. The molecule has 3 aromatic carbocycles. The van der Waals surface area contributed by atoms with Crippen LogP contribution in [-0.2, 0) is 0 Å². The minimum absolute atomic E-state index is 0.221. The molecule has 3 nitrogen and oxygen atoms in total. The quantitative estimate of drug-likeness (QED) is 0.555. The minimum atomic E-state index is 0.221. The van der Waals surface area contributed by atoms with Gasteiger partial charge in [0, 0.05) is 10.8 Å². The number of rotatable bonds is 2. The van der Waals surface area contributed by atoms with Gasteiger partial charge in [0.2, 0.25) is 0 Å². The Bertz CT molecular complexity index is 920. The van der Waals surface area contributed by atoms with Gasteiger partial charge in [0.15, 0.2) is 0 Å². The van der Waals surface area contributed by atoms with Gasteiger partial charge < -0.3 is 14.3 Å². The summed E-state index contributed by atoms with van der Waals surface area (Å²) < 4.78 is 11.6. The molecule has 4 aromatic rings. The summed E-state index contributed by atoms with van der Waals surface area (Å²) in [4.78, 5) is 0. The van der Waals surface area contributed by atoms with Crippen molar-refractivity contribution in [2.45, 2.75) is 0 Å². The van der Waals surface area contributed by atoms with E-state index in [2.05, 4.69) is 0 Å². The summed E-state index contributed by atoms with van der Waals surface area (Å²) in [7, 11) is 0. The molecule has 0 saturated carbocycles. The van der Waals surface area contributed by atoms with Crippen molar-refractivity contribution in [3.05, 3.63) is 66.7 Å². The van der Waals surface area contributed by atoms with Crippen LogP contribution >= 0.6 is 0 Å². The smallest absolute Gasteiger partial charge is 0.135 e. The lowest BCUT2D eigenvalue weighted by Crippen LogP contribution is -1.83. The molecule has 0 unspecified atom stereocenters. The van der Waals surface area contributed by atoms with Gasteiger partial charge in [0.05, 0.1) is 0 Å². The van der Waals surface area contributed by atoms with E-state index in [1.165, 1.54) is 0 Å². The van der Waals surface area contributed by atoms with Gasteiger partial charge in [-0.05, 0) is 48.5 Å². The predicted molar refractivity (Wildman–Crippen MR) is 81.9 cm³/mol. The van der Waals surface area contributed by atoms with Crippen LogP contribution in [0.5, 0.6) is 17.2 Å². The molecule has 0 fully saturated rings. The number of benzene rings is 3. The molecule has 3 heteroatoms. The highest BCUT2D eigenvalue weighted by molar-refractivity contribution is 6.05. The average molecular weight is 276 g/mol. The highest BCUT2D eigenvalue weighted by Crippen LogP contribution is 2.33. The molecule has 102 valence electrons. The molecule has 0 aliphatic carbocycles. The lowest BCUT2D eigenvalue weighted by atomic mass is 10.1. The summed E-state index contributed by atoms with van der Waals surface area (Å²) in [5.74, 6) is 1.64. The second kappa shape index (κ2) is 4.56. The van der Waals surface area contributed by atoms with Gasteiger partial charge in [-0.1, -0.05) is 18.2 Å². The van der Waals surface area contributed by atoms with E-state index >= 15 is 0 Å². The first-order chi connectivity index (χ1) is 10.3. The van der Waals surface area contributed by atoms with E-state index in [-0.39, 0.29) is 5.75 Å². The summed E-state index contributed by atoms with van der Waals surface area (Å²) in [5.41, 5.74) is 1.71. The summed E-state index contributed by atoms with van der Waals surface area (Å²) in [6.07, 6.45) is 0. The average Bonchev–Trinajstić information content (AvgIpc) is 2.88. The van der Waals surface area contributed by atoms with Gasteiger partial charge in [-0.2, -0.15) is 0 Å². The normalized spacial score (nSPS) is 11.0. The third-order valence-electron chi connectivity index (χ3n) is 3.42. The van der Waals surface area contributed by atoms with E-state index in [1.807, 2.05) is 42.5 Å². The van der Waals surface area contributed by atoms with Gasteiger partial charge in [-0.15, -0.1) is 0 Å². The van der Waals surface area contributed by atoms with Gasteiger partial charge in [0.25, 0.3) is 0 Å². The number of furan rings is 1. The van der Waals surface area contributed by atoms with Gasteiger partial charge >= 0.3 is 0 Å². The maximum absolute atomic E-state index is 9.29. The van der Waals surface area contributed by atoms with Crippen molar-refractivity contribution < 1.29 is 14.3 Å². The Hall–Kier alpha value is -2.94. The minimum Gasteiger partial charge on any atom is -0.508 e. The first-order valence-corrected chi connectivity index (χ1v) is 6.68. The number of hydrogen-bond donors (Lipinski definition) is 1. The molecule has 1 N–H and O–H groups in total. The number of ether oxygens (including phenoxy) is 1. The lowest BCUT2D eigenvalue weighted by molar-refractivity contribution is 0.464. The lowest BCUT2D eigenvalue weighted by Gasteiger charge is -2.05. The Morgan fingerprint density at radius 3 is 2.29 bits per heavy atom. The van der Waals surface area contributed by atoms with E-state index in [4.69, 9.17) is 9.15 Å². The summed E-state index contributed by atoms with van der Waals surface area (Å²) in [6.45, 7) is 0. The first-order valence-electron chi connectivity index (χ1n) is 6.68. The van der Waals surface area contributed by atoms with E-state index in [0.29, 0.717) is 5.75 Å². The van der Waals surface area contributed by atoms with Crippen LogP contribution in [0.25, 0.3) is 21.9 Å². The van der Waals surface area contributed by atoms with Crippen molar-refractivity contribution in [1.29, 1.82) is 0 Å². The SMILES string of the molecule is Oc1ccc(Oc2ccc3oc4ccccc4c3c2)cc1. The first kappa shape index (κ1) is 11.9. The molecule has 0 atom stereocenters. The molecular weight excluding hydrogens is 264 g/mol. The van der Waals surface area contributed by atoms with Crippen molar-refractivity contribution >= 4 is 21.9 Å². The topological polar surface area (TPSA) is 42.6 Å². The summed E-state index contributed by atoms with van der Waals surface area (Å²) in [5, 5.41) is 11.4. The third-order valence-corrected chi connectivity index (χ3v) is 3.42. The fourth-order valence-corrected chi connectivity index (χ4v) is 2.42. The van der Waals surface area contributed by atoms with E-state index in [0.717, 1.165) is 27.7 Å². The Morgan fingerprint density at radius 1 is 0.714 bits per heavy atom. The molecule has 1 heterocycles. The largest absolute Gasteiger partial charge is 0.508 e. The number of para-hydroxylation sites is 1. The van der Waals surface area contributed by atoms with Crippen molar-refractivity contribution in [1.82, 2.24) is 0 Å². The van der Waals surface area contributed by atoms with Gasteiger partial charge in [-0.3, -0.25) is 0 Å². The maximum Gasteiger partial charge on any atom is 0.135 e. The number of fused-ring (bicyclic) bond motifs is 3. The van der Waals surface area contributed by atoms with Crippen LogP contribution in [0.2, 0.25) is 0 Å². The molecule has 0 aliphatic rings. The Balaban J connectivity index is 1.79. The van der Waals surface area contributed by atoms with Crippen LogP contribution in [0.4, 0.5) is 0 Å². The second-order valence-electron chi connectivity index (χ2n) is 4.85. The van der Waals surface area contributed by atoms with Crippen LogP contribution < -0.4 is 4.74 Å². The highest BCUT2D eigenvalue weighted by atomic mass is 16.5. The number of phenolic OH excluding ortho intramolecular Hbond substituents is 1. The molecule has 21 heavy (non-hydrogen) atoms. The third kappa shape index (κ3) is 2.09. The second-order valence-corrected chi connectivity index (χ2v) is 4.85. The van der Waals surface area contributed by atoms with Crippen LogP contribution in [-0.4, -0.2) is 5.11 Å². The van der Waals surface area contributed by atoms with Gasteiger partial charge in [-0.25, -0.2) is 0 Å². The van der Waals surface area contributed by atoms with Crippen molar-refractivity contribution in [2.75, 3.05) is 0 Å². The van der Waals surface area contributed by atoms with Crippen molar-refractivity contribution in [3.63, 3.8) is 0 Å².